The molecule has 3 aromatic heterocycles. The van der Waals surface area contributed by atoms with E-state index in [9.17, 15) is 0 Å². The molecule has 0 atom stereocenters. The standard InChI is InChI=1S/C22H25N5O/c1-14(2)13-27-19(8-10-28-3)26-20-21(27)17-7-6-15(11-18(17)25-22(20)23)16-5-4-9-24-12-16/h4-7,9,11-12,14H,8,10,13H2,1-3H3,(H2,23,25). The summed E-state index contributed by atoms with van der Waals surface area (Å²) in [5.41, 5.74) is 11.1. The lowest BCUT2D eigenvalue weighted by Crippen LogP contribution is -2.10. The van der Waals surface area contributed by atoms with Gasteiger partial charge in [0, 0.05) is 43.4 Å². The van der Waals surface area contributed by atoms with Crippen molar-refractivity contribution in [2.45, 2.75) is 26.8 Å². The van der Waals surface area contributed by atoms with Crippen LogP contribution in [0.3, 0.4) is 0 Å². The molecular formula is C22H25N5O. The van der Waals surface area contributed by atoms with Crippen molar-refractivity contribution < 1.29 is 4.74 Å². The molecule has 4 rings (SSSR count). The smallest absolute Gasteiger partial charge is 0.152 e. The maximum atomic E-state index is 6.32. The molecule has 0 fully saturated rings. The van der Waals surface area contributed by atoms with Crippen LogP contribution in [0.25, 0.3) is 33.1 Å². The normalized spacial score (nSPS) is 11.7. The van der Waals surface area contributed by atoms with Gasteiger partial charge in [-0.15, -0.1) is 0 Å². The van der Waals surface area contributed by atoms with Crippen LogP contribution >= 0.6 is 0 Å². The Kier molecular flexibility index (Phi) is 4.96. The lowest BCUT2D eigenvalue weighted by Gasteiger charge is -2.13. The van der Waals surface area contributed by atoms with Gasteiger partial charge in [-0.25, -0.2) is 9.97 Å². The molecular weight excluding hydrogens is 350 g/mol. The van der Waals surface area contributed by atoms with Crippen LogP contribution in [0.15, 0.2) is 42.7 Å². The Bertz CT molecular complexity index is 1120. The Morgan fingerprint density at radius 2 is 2.00 bits per heavy atom. The minimum atomic E-state index is 0.465. The first-order chi connectivity index (χ1) is 13.6. The second-order valence-corrected chi connectivity index (χ2v) is 7.44. The van der Waals surface area contributed by atoms with Gasteiger partial charge in [0.15, 0.2) is 5.82 Å². The summed E-state index contributed by atoms with van der Waals surface area (Å²) in [6.45, 7) is 5.91. The van der Waals surface area contributed by atoms with E-state index in [1.54, 1.807) is 13.3 Å². The van der Waals surface area contributed by atoms with Crippen LogP contribution in [0.1, 0.15) is 19.7 Å². The topological polar surface area (TPSA) is 78.8 Å². The first kappa shape index (κ1) is 18.4. The molecule has 0 unspecified atom stereocenters. The number of nitrogens with two attached hydrogens (primary N) is 1. The van der Waals surface area contributed by atoms with Gasteiger partial charge in [-0.05, 0) is 23.6 Å². The Morgan fingerprint density at radius 1 is 1.14 bits per heavy atom. The molecule has 0 aliphatic rings. The summed E-state index contributed by atoms with van der Waals surface area (Å²) in [7, 11) is 1.71. The molecule has 6 nitrogen and oxygen atoms in total. The van der Waals surface area contributed by atoms with E-state index in [0.29, 0.717) is 18.3 Å². The van der Waals surface area contributed by atoms with Gasteiger partial charge in [0.2, 0.25) is 0 Å². The van der Waals surface area contributed by atoms with Crippen LogP contribution in [-0.4, -0.2) is 33.2 Å². The van der Waals surface area contributed by atoms with E-state index in [2.05, 4.69) is 46.6 Å². The van der Waals surface area contributed by atoms with E-state index in [1.165, 1.54) is 0 Å². The maximum absolute atomic E-state index is 6.32. The number of fused-ring (bicyclic) bond motifs is 3. The fraction of sp³-hybridized carbons (Fsp3) is 0.318. The van der Waals surface area contributed by atoms with Crippen molar-refractivity contribution in [3.63, 3.8) is 0 Å². The van der Waals surface area contributed by atoms with E-state index in [-0.39, 0.29) is 0 Å². The van der Waals surface area contributed by atoms with E-state index in [1.807, 2.05) is 18.3 Å². The molecule has 0 radical (unpaired) electrons. The minimum Gasteiger partial charge on any atom is -0.384 e. The fourth-order valence-corrected chi connectivity index (χ4v) is 3.62. The van der Waals surface area contributed by atoms with Gasteiger partial charge in [0.1, 0.15) is 11.3 Å². The molecule has 144 valence electrons. The highest BCUT2D eigenvalue weighted by atomic mass is 16.5. The average molecular weight is 375 g/mol. The summed E-state index contributed by atoms with van der Waals surface area (Å²) < 4.78 is 7.56. The van der Waals surface area contributed by atoms with Gasteiger partial charge in [-0.1, -0.05) is 32.0 Å². The lowest BCUT2D eigenvalue weighted by molar-refractivity contribution is 0.199. The number of hydrogen-bond donors (Lipinski definition) is 1. The molecule has 0 spiro atoms. The molecule has 28 heavy (non-hydrogen) atoms. The van der Waals surface area contributed by atoms with E-state index in [4.69, 9.17) is 15.5 Å². The van der Waals surface area contributed by atoms with Crippen molar-refractivity contribution in [3.8, 4) is 11.1 Å². The highest BCUT2D eigenvalue weighted by Crippen LogP contribution is 2.32. The summed E-state index contributed by atoms with van der Waals surface area (Å²) in [6.07, 6.45) is 4.37. The number of nitrogens with zero attached hydrogens (tertiary/aromatic N) is 4. The quantitative estimate of drug-likeness (QED) is 0.549. The molecule has 0 saturated heterocycles. The Balaban J connectivity index is 1.95. The van der Waals surface area contributed by atoms with Gasteiger partial charge >= 0.3 is 0 Å². The summed E-state index contributed by atoms with van der Waals surface area (Å²) in [5.74, 6) is 1.94. The third-order valence-corrected chi connectivity index (χ3v) is 4.86. The van der Waals surface area contributed by atoms with Crippen molar-refractivity contribution in [2.24, 2.45) is 5.92 Å². The zero-order chi connectivity index (χ0) is 19.7. The number of methoxy groups -OCH3 is 1. The number of aromatic nitrogens is 4. The van der Waals surface area contributed by atoms with Crippen molar-refractivity contribution in [2.75, 3.05) is 19.5 Å². The first-order valence-electron chi connectivity index (χ1n) is 9.56. The van der Waals surface area contributed by atoms with E-state index >= 15 is 0 Å². The largest absolute Gasteiger partial charge is 0.384 e. The number of pyridine rings is 2. The fourth-order valence-electron chi connectivity index (χ4n) is 3.62. The van der Waals surface area contributed by atoms with Crippen molar-refractivity contribution in [1.29, 1.82) is 0 Å². The van der Waals surface area contributed by atoms with Gasteiger partial charge in [-0.2, -0.15) is 0 Å². The molecule has 0 amide bonds. The number of benzene rings is 1. The Labute approximate surface area is 164 Å². The molecule has 0 bridgehead atoms. The molecule has 4 aromatic rings. The third-order valence-electron chi connectivity index (χ3n) is 4.86. The van der Waals surface area contributed by atoms with Gasteiger partial charge in [0.05, 0.1) is 17.6 Å². The average Bonchev–Trinajstić information content (AvgIpc) is 3.05. The highest BCUT2D eigenvalue weighted by molar-refractivity contribution is 6.07. The van der Waals surface area contributed by atoms with Crippen LogP contribution in [0.5, 0.6) is 0 Å². The minimum absolute atomic E-state index is 0.465. The van der Waals surface area contributed by atoms with Crippen molar-refractivity contribution >= 4 is 27.8 Å². The predicted molar refractivity (Wildman–Crippen MR) is 113 cm³/mol. The summed E-state index contributed by atoms with van der Waals surface area (Å²) >= 11 is 0. The van der Waals surface area contributed by atoms with Crippen LogP contribution in [-0.2, 0) is 17.7 Å². The lowest BCUT2D eigenvalue weighted by atomic mass is 10.0. The molecule has 6 heteroatoms. The number of hydrogen-bond acceptors (Lipinski definition) is 5. The molecule has 1 aromatic carbocycles. The monoisotopic (exact) mass is 375 g/mol. The van der Waals surface area contributed by atoms with Gasteiger partial charge in [0.25, 0.3) is 0 Å². The third kappa shape index (κ3) is 3.31. The van der Waals surface area contributed by atoms with Crippen LogP contribution in [0.2, 0.25) is 0 Å². The highest BCUT2D eigenvalue weighted by Gasteiger charge is 2.18. The second-order valence-electron chi connectivity index (χ2n) is 7.44. The first-order valence-corrected chi connectivity index (χ1v) is 9.56. The summed E-state index contributed by atoms with van der Waals surface area (Å²) in [4.78, 5) is 13.7. The van der Waals surface area contributed by atoms with Crippen LogP contribution < -0.4 is 5.73 Å². The van der Waals surface area contributed by atoms with Crippen LogP contribution in [0.4, 0.5) is 5.82 Å². The number of ether oxygens (including phenoxy) is 1. The SMILES string of the molecule is COCCc1nc2c(N)nc3cc(-c4cccnc4)ccc3c2n1CC(C)C. The predicted octanol–water partition coefficient (Wildman–Crippen LogP) is 4.07. The summed E-state index contributed by atoms with van der Waals surface area (Å²) in [6, 6.07) is 10.3. The Morgan fingerprint density at radius 3 is 2.71 bits per heavy atom. The zero-order valence-corrected chi connectivity index (χ0v) is 16.5. The zero-order valence-electron chi connectivity index (χ0n) is 16.5. The Hall–Kier alpha value is -2.99. The molecule has 0 saturated carbocycles. The number of anilines is 1. The van der Waals surface area contributed by atoms with E-state index < -0.39 is 0 Å². The maximum Gasteiger partial charge on any atom is 0.152 e. The molecule has 2 N–H and O–H groups in total. The summed E-state index contributed by atoms with van der Waals surface area (Å²) in [5, 5.41) is 1.06. The van der Waals surface area contributed by atoms with Crippen LogP contribution in [0, 0.1) is 5.92 Å². The van der Waals surface area contributed by atoms with Gasteiger partial charge < -0.3 is 15.0 Å². The second kappa shape index (κ2) is 7.56. The van der Waals surface area contributed by atoms with Crippen molar-refractivity contribution in [1.82, 2.24) is 19.5 Å². The molecule has 0 aliphatic heterocycles. The van der Waals surface area contributed by atoms with Crippen molar-refractivity contribution in [3.05, 3.63) is 48.5 Å². The molecule has 0 aliphatic carbocycles. The van der Waals surface area contributed by atoms with E-state index in [0.717, 1.165) is 51.9 Å². The number of rotatable bonds is 6. The van der Waals surface area contributed by atoms with Gasteiger partial charge in [-0.3, -0.25) is 4.98 Å². The number of nitrogen functional groups attached to an aromatic ring is 1. The molecule has 3 heterocycles. The number of imidazole rings is 1.